The summed E-state index contributed by atoms with van der Waals surface area (Å²) in [6, 6.07) is 13.7. The van der Waals surface area contributed by atoms with Crippen LogP contribution in [-0.2, 0) is 19.0 Å². The molecule has 7 atom stereocenters. The molecule has 2 heterocycles. The second-order valence-electron chi connectivity index (χ2n) is 12.0. The highest BCUT2D eigenvalue weighted by molar-refractivity contribution is 5.95. The number of rotatable bonds is 5. The molecule has 2 saturated heterocycles. The number of esters is 2. The molecule has 1 N–H and O–H groups in total. The highest BCUT2D eigenvalue weighted by Gasteiger charge is 2.73. The predicted octanol–water partition coefficient (Wildman–Crippen LogP) is 5.44. The van der Waals surface area contributed by atoms with Crippen LogP contribution in [0.5, 0.6) is 0 Å². The summed E-state index contributed by atoms with van der Waals surface area (Å²) in [6.07, 6.45) is 7.12. The van der Waals surface area contributed by atoms with Crippen molar-refractivity contribution in [1.29, 1.82) is 0 Å². The first-order chi connectivity index (χ1) is 17.9. The van der Waals surface area contributed by atoms with E-state index in [1.54, 1.807) is 0 Å². The van der Waals surface area contributed by atoms with Crippen molar-refractivity contribution in [2.24, 2.45) is 23.7 Å². The Morgan fingerprint density at radius 2 is 1.76 bits per heavy atom. The summed E-state index contributed by atoms with van der Waals surface area (Å²) in [5.74, 6) is -0.0600. The molecule has 4 fully saturated rings. The molecule has 0 spiro atoms. The largest absolute Gasteiger partial charge is 0.457 e. The van der Waals surface area contributed by atoms with E-state index in [2.05, 4.69) is 13.8 Å². The second kappa shape index (κ2) is 9.39. The first-order valence-corrected chi connectivity index (χ1v) is 14.1. The Bertz CT molecular complexity index is 1190. The van der Waals surface area contributed by atoms with Gasteiger partial charge in [0.1, 0.15) is 30.0 Å². The molecule has 0 amide bonds. The van der Waals surface area contributed by atoms with E-state index in [9.17, 15) is 14.7 Å². The third kappa shape index (κ3) is 3.99. The van der Waals surface area contributed by atoms with Gasteiger partial charge in [0.15, 0.2) is 0 Å². The fourth-order valence-corrected chi connectivity index (χ4v) is 8.33. The maximum absolute atomic E-state index is 13.7. The van der Waals surface area contributed by atoms with Crippen LogP contribution in [0.2, 0.25) is 0 Å². The summed E-state index contributed by atoms with van der Waals surface area (Å²) in [6.45, 7) is 3.71. The molecular weight excluding hydrogens is 468 g/mol. The van der Waals surface area contributed by atoms with Gasteiger partial charge in [-0.15, -0.1) is 0 Å². The van der Waals surface area contributed by atoms with Crippen LogP contribution in [0.3, 0.4) is 0 Å². The molecule has 4 aliphatic rings. The summed E-state index contributed by atoms with van der Waals surface area (Å²) in [7, 11) is 0. The quantitative estimate of drug-likeness (QED) is 0.544. The SMILES string of the molecule is CC1CCC2C1C(OC(=O)c1ccc3ccccc3c1)C1(C3CCCCC3)CC(OC(=O)CO)C2(C)O1. The number of hydrogen-bond donors (Lipinski definition) is 1. The van der Waals surface area contributed by atoms with Gasteiger partial charge in [0, 0.05) is 12.3 Å². The molecule has 2 aromatic carbocycles. The van der Waals surface area contributed by atoms with Gasteiger partial charge in [-0.3, -0.25) is 0 Å². The molecule has 7 unspecified atom stereocenters. The normalized spacial score (nSPS) is 37.3. The highest BCUT2D eigenvalue weighted by atomic mass is 16.6. The Kier molecular flexibility index (Phi) is 6.31. The van der Waals surface area contributed by atoms with Gasteiger partial charge >= 0.3 is 11.9 Å². The molecule has 37 heavy (non-hydrogen) atoms. The van der Waals surface area contributed by atoms with E-state index in [0.29, 0.717) is 17.9 Å². The van der Waals surface area contributed by atoms with E-state index in [1.165, 1.54) is 6.42 Å². The van der Waals surface area contributed by atoms with Crippen molar-refractivity contribution in [2.45, 2.75) is 88.6 Å². The summed E-state index contributed by atoms with van der Waals surface area (Å²) < 4.78 is 19.6. The van der Waals surface area contributed by atoms with Gasteiger partial charge in [0.05, 0.1) is 5.56 Å². The number of hydrogen-bond acceptors (Lipinski definition) is 6. The monoisotopic (exact) mass is 506 g/mol. The molecule has 2 aliphatic carbocycles. The van der Waals surface area contributed by atoms with Crippen LogP contribution >= 0.6 is 0 Å². The van der Waals surface area contributed by atoms with E-state index in [-0.39, 0.29) is 23.7 Å². The Labute approximate surface area is 218 Å². The van der Waals surface area contributed by atoms with Crippen LogP contribution in [0.1, 0.15) is 75.6 Å². The summed E-state index contributed by atoms with van der Waals surface area (Å²) in [5.41, 5.74) is -0.792. The lowest BCUT2D eigenvalue weighted by atomic mass is 9.66. The van der Waals surface area contributed by atoms with Gasteiger partial charge in [-0.05, 0) is 73.3 Å². The molecule has 0 radical (unpaired) electrons. The van der Waals surface area contributed by atoms with Gasteiger partial charge < -0.3 is 19.3 Å². The maximum atomic E-state index is 13.7. The van der Waals surface area contributed by atoms with Gasteiger partial charge in [-0.1, -0.05) is 56.5 Å². The van der Waals surface area contributed by atoms with Gasteiger partial charge in [-0.2, -0.15) is 0 Å². The maximum Gasteiger partial charge on any atom is 0.338 e. The molecule has 2 saturated carbocycles. The zero-order chi connectivity index (χ0) is 25.8. The van der Waals surface area contributed by atoms with Crippen LogP contribution in [0, 0.1) is 23.7 Å². The van der Waals surface area contributed by atoms with Crippen molar-refractivity contribution >= 4 is 22.7 Å². The van der Waals surface area contributed by atoms with Gasteiger partial charge in [0.25, 0.3) is 0 Å². The van der Waals surface area contributed by atoms with Crippen LogP contribution in [0.15, 0.2) is 42.5 Å². The summed E-state index contributed by atoms with van der Waals surface area (Å²) >= 11 is 0. The minimum atomic E-state index is -0.693. The topological polar surface area (TPSA) is 82.1 Å². The molecule has 2 aromatic rings. The summed E-state index contributed by atoms with van der Waals surface area (Å²) in [5, 5.41) is 11.5. The van der Waals surface area contributed by atoms with E-state index < -0.39 is 36.0 Å². The number of ether oxygens (including phenoxy) is 3. The molecule has 2 aliphatic heterocycles. The summed E-state index contributed by atoms with van der Waals surface area (Å²) in [4.78, 5) is 26.0. The molecule has 0 aromatic heterocycles. The van der Waals surface area contributed by atoms with Crippen LogP contribution in [0.25, 0.3) is 10.8 Å². The second-order valence-corrected chi connectivity index (χ2v) is 12.0. The number of aliphatic hydroxyl groups is 1. The Hall–Kier alpha value is -2.44. The molecular formula is C31H38O6. The van der Waals surface area contributed by atoms with E-state index in [1.807, 2.05) is 42.5 Å². The van der Waals surface area contributed by atoms with E-state index in [4.69, 9.17) is 14.2 Å². The number of carbonyl (C=O) groups is 2. The standard InChI is InChI=1S/C31H38O6/c1-19-12-15-24-27(19)28(36-29(34)22-14-13-20-8-6-7-9-21(20)16-22)31(23-10-4-3-5-11-23)17-25(30(24,2)37-31)35-26(33)18-32/h6-9,13-14,16,19,23-25,27-28,32H,3-5,10-12,15,17-18H2,1-2H3. The van der Waals surface area contributed by atoms with Gasteiger partial charge in [-0.25, -0.2) is 9.59 Å². The van der Waals surface area contributed by atoms with Crippen molar-refractivity contribution in [3.8, 4) is 0 Å². The lowest BCUT2D eigenvalue weighted by molar-refractivity contribution is -0.265. The highest BCUT2D eigenvalue weighted by Crippen LogP contribution is 2.64. The van der Waals surface area contributed by atoms with Gasteiger partial charge in [0.2, 0.25) is 0 Å². The van der Waals surface area contributed by atoms with E-state index >= 15 is 0 Å². The minimum absolute atomic E-state index is 0.118. The van der Waals surface area contributed by atoms with Crippen molar-refractivity contribution in [3.63, 3.8) is 0 Å². The fraction of sp³-hybridized carbons (Fsp3) is 0.613. The number of carbonyl (C=O) groups excluding carboxylic acids is 2. The zero-order valence-electron chi connectivity index (χ0n) is 21.9. The number of fused-ring (bicyclic) bond motifs is 5. The smallest absolute Gasteiger partial charge is 0.338 e. The average molecular weight is 507 g/mol. The van der Waals surface area contributed by atoms with Crippen molar-refractivity contribution in [3.05, 3.63) is 48.0 Å². The van der Waals surface area contributed by atoms with Crippen LogP contribution in [-0.4, -0.2) is 47.1 Å². The Balaban J connectivity index is 1.40. The third-order valence-electron chi connectivity index (χ3n) is 10.1. The van der Waals surface area contributed by atoms with E-state index in [0.717, 1.165) is 49.3 Å². The Morgan fingerprint density at radius 3 is 2.51 bits per heavy atom. The number of aliphatic hydroxyl groups excluding tert-OH is 1. The molecule has 6 rings (SSSR count). The average Bonchev–Trinajstić information content (AvgIpc) is 3.44. The van der Waals surface area contributed by atoms with Crippen molar-refractivity contribution < 1.29 is 28.9 Å². The molecule has 6 heteroatoms. The molecule has 198 valence electrons. The first kappa shape index (κ1) is 24.9. The van der Waals surface area contributed by atoms with Crippen molar-refractivity contribution in [1.82, 2.24) is 0 Å². The third-order valence-corrected chi connectivity index (χ3v) is 10.1. The Morgan fingerprint density at radius 1 is 1.00 bits per heavy atom. The van der Waals surface area contributed by atoms with Crippen LogP contribution < -0.4 is 0 Å². The predicted molar refractivity (Wildman–Crippen MR) is 139 cm³/mol. The number of benzene rings is 2. The lowest BCUT2D eigenvalue weighted by Crippen LogP contribution is -2.63. The zero-order valence-corrected chi connectivity index (χ0v) is 21.9. The molecule has 2 bridgehead atoms. The van der Waals surface area contributed by atoms with Crippen LogP contribution in [0.4, 0.5) is 0 Å². The van der Waals surface area contributed by atoms with Crippen molar-refractivity contribution in [2.75, 3.05) is 6.61 Å². The lowest BCUT2D eigenvalue weighted by Gasteiger charge is -2.54. The molecule has 6 nitrogen and oxygen atoms in total. The fourth-order valence-electron chi connectivity index (χ4n) is 8.33. The first-order valence-electron chi connectivity index (χ1n) is 14.1. The minimum Gasteiger partial charge on any atom is -0.457 e.